The van der Waals surface area contributed by atoms with E-state index in [0.717, 1.165) is 22.0 Å². The molecule has 0 aliphatic carbocycles. The van der Waals surface area contributed by atoms with Crippen LogP contribution in [-0.4, -0.2) is 23.2 Å². The van der Waals surface area contributed by atoms with Crippen LogP contribution in [0.25, 0.3) is 5.57 Å². The van der Waals surface area contributed by atoms with Crippen molar-refractivity contribution in [1.82, 2.24) is 4.98 Å². The molecule has 0 bridgehead atoms. The molecule has 1 aromatic rings. The Hall–Kier alpha value is -1.36. The summed E-state index contributed by atoms with van der Waals surface area (Å²) in [5.41, 5.74) is 1.37. The van der Waals surface area contributed by atoms with Crippen molar-refractivity contribution < 1.29 is 9.53 Å². The second-order valence-electron chi connectivity index (χ2n) is 5.51. The summed E-state index contributed by atoms with van der Waals surface area (Å²) in [5, 5.41) is 0. The number of rotatable bonds is 0. The van der Waals surface area contributed by atoms with E-state index in [-0.39, 0.29) is 6.09 Å². The van der Waals surface area contributed by atoms with Gasteiger partial charge in [-0.2, -0.15) is 0 Å². The number of hydrogen-bond donors (Lipinski definition) is 0. The normalized spacial score (nSPS) is 15.2. The maximum absolute atomic E-state index is 12.2. The highest BCUT2D eigenvalue weighted by atomic mass is 79.9. The molecule has 1 aromatic heterocycles. The topological polar surface area (TPSA) is 42.4 Å². The van der Waals surface area contributed by atoms with Crippen molar-refractivity contribution in [3.05, 3.63) is 28.9 Å². The van der Waals surface area contributed by atoms with Gasteiger partial charge in [0.15, 0.2) is 0 Å². The first-order valence-electron chi connectivity index (χ1n) is 6.12. The number of halogens is 1. The first-order chi connectivity index (χ1) is 8.78. The van der Waals surface area contributed by atoms with Crippen LogP contribution in [0, 0.1) is 0 Å². The van der Waals surface area contributed by atoms with Gasteiger partial charge in [0.25, 0.3) is 0 Å². The number of pyridine rings is 1. The number of anilines is 1. The van der Waals surface area contributed by atoms with Gasteiger partial charge in [0.1, 0.15) is 11.4 Å². The number of amides is 1. The summed E-state index contributed by atoms with van der Waals surface area (Å²) in [6, 6.07) is 1.93. The maximum Gasteiger partial charge on any atom is 0.416 e. The van der Waals surface area contributed by atoms with Gasteiger partial charge in [-0.05, 0) is 54.8 Å². The van der Waals surface area contributed by atoms with Crippen molar-refractivity contribution in [3.8, 4) is 0 Å². The number of carbonyl (C=O) groups excluding carboxylic acids is 1. The molecule has 5 heteroatoms. The summed E-state index contributed by atoms with van der Waals surface area (Å²) in [6.45, 7) is 10.1. The largest absolute Gasteiger partial charge is 0.443 e. The molecule has 2 rings (SSSR count). The summed E-state index contributed by atoms with van der Waals surface area (Å²) in [6.07, 6.45) is 2.04. The lowest BCUT2D eigenvalue weighted by molar-refractivity contribution is 0.0579. The van der Waals surface area contributed by atoms with Crippen LogP contribution in [0.1, 0.15) is 32.8 Å². The first kappa shape index (κ1) is 14.1. The summed E-state index contributed by atoms with van der Waals surface area (Å²) in [7, 11) is 0. The van der Waals surface area contributed by atoms with E-state index in [4.69, 9.17) is 4.74 Å². The minimum absolute atomic E-state index is 0.365. The van der Waals surface area contributed by atoms with Crippen molar-refractivity contribution in [2.75, 3.05) is 11.4 Å². The zero-order valence-corrected chi connectivity index (χ0v) is 13.0. The Balaban J connectivity index is 2.33. The number of nitrogens with zero attached hydrogens (tertiary/aromatic N) is 2. The SMILES string of the molecule is C=C1CCN(C(=O)OC(C)(C)C)c2ncc(Br)cc21. The fourth-order valence-corrected chi connectivity index (χ4v) is 2.22. The monoisotopic (exact) mass is 324 g/mol. The van der Waals surface area contributed by atoms with E-state index in [1.165, 1.54) is 0 Å². The van der Waals surface area contributed by atoms with Gasteiger partial charge in [0, 0.05) is 22.8 Å². The molecule has 0 fully saturated rings. The van der Waals surface area contributed by atoms with Crippen LogP contribution in [0.4, 0.5) is 10.6 Å². The van der Waals surface area contributed by atoms with Crippen molar-refractivity contribution in [2.24, 2.45) is 0 Å². The molecule has 0 saturated carbocycles. The number of carbonyl (C=O) groups is 1. The number of hydrogen-bond acceptors (Lipinski definition) is 3. The minimum atomic E-state index is -0.513. The number of fused-ring (bicyclic) bond motifs is 1. The molecule has 4 nitrogen and oxygen atoms in total. The molecule has 0 atom stereocenters. The fraction of sp³-hybridized carbons (Fsp3) is 0.429. The van der Waals surface area contributed by atoms with Crippen molar-refractivity contribution in [2.45, 2.75) is 32.8 Å². The predicted molar refractivity (Wildman–Crippen MR) is 79.2 cm³/mol. The van der Waals surface area contributed by atoms with Crippen LogP contribution < -0.4 is 4.90 Å². The third-order valence-corrected chi connectivity index (χ3v) is 3.15. The first-order valence-corrected chi connectivity index (χ1v) is 6.91. The Morgan fingerprint density at radius 3 is 2.84 bits per heavy atom. The van der Waals surface area contributed by atoms with Crippen LogP contribution in [0.2, 0.25) is 0 Å². The Kier molecular flexibility index (Phi) is 3.67. The highest BCUT2D eigenvalue weighted by Crippen LogP contribution is 2.34. The summed E-state index contributed by atoms with van der Waals surface area (Å²) in [5.74, 6) is 0.619. The Bertz CT molecular complexity index is 535. The zero-order valence-electron chi connectivity index (χ0n) is 11.4. The molecule has 0 radical (unpaired) electrons. The van der Waals surface area contributed by atoms with Gasteiger partial charge in [-0.15, -0.1) is 0 Å². The molecule has 19 heavy (non-hydrogen) atoms. The Labute approximate surface area is 121 Å². The zero-order chi connectivity index (χ0) is 14.2. The van der Waals surface area contributed by atoms with E-state index in [1.54, 1.807) is 11.1 Å². The molecule has 0 unspecified atom stereocenters. The fourth-order valence-electron chi connectivity index (χ4n) is 1.89. The van der Waals surface area contributed by atoms with Gasteiger partial charge < -0.3 is 4.74 Å². The second-order valence-corrected chi connectivity index (χ2v) is 6.43. The smallest absolute Gasteiger partial charge is 0.416 e. The molecule has 1 aliphatic rings. The van der Waals surface area contributed by atoms with E-state index >= 15 is 0 Å². The summed E-state index contributed by atoms with van der Waals surface area (Å²) in [4.78, 5) is 18.1. The standard InChI is InChI=1S/C14H17BrN2O2/c1-9-5-6-17(13(18)19-14(2,3)4)12-11(9)7-10(15)8-16-12/h7-8H,1,5-6H2,2-4H3. The molecule has 0 spiro atoms. The lowest BCUT2D eigenvalue weighted by Gasteiger charge is -2.31. The van der Waals surface area contributed by atoms with Gasteiger partial charge in [-0.3, -0.25) is 4.90 Å². The maximum atomic E-state index is 12.2. The predicted octanol–water partition coefficient (Wildman–Crippen LogP) is 4.00. The molecule has 0 aromatic carbocycles. The summed E-state index contributed by atoms with van der Waals surface area (Å²) < 4.78 is 6.28. The highest BCUT2D eigenvalue weighted by Gasteiger charge is 2.29. The second kappa shape index (κ2) is 4.96. The van der Waals surface area contributed by atoms with E-state index < -0.39 is 5.60 Å². The van der Waals surface area contributed by atoms with Crippen molar-refractivity contribution in [1.29, 1.82) is 0 Å². The van der Waals surface area contributed by atoms with E-state index in [0.29, 0.717) is 12.4 Å². The molecule has 1 aliphatic heterocycles. The lowest BCUT2D eigenvalue weighted by atomic mass is 10.0. The third kappa shape index (κ3) is 3.15. The van der Waals surface area contributed by atoms with E-state index in [1.807, 2.05) is 26.8 Å². The molecular formula is C14H17BrN2O2. The Morgan fingerprint density at radius 2 is 2.21 bits per heavy atom. The van der Waals surface area contributed by atoms with Crippen LogP contribution in [-0.2, 0) is 4.74 Å². The van der Waals surface area contributed by atoms with Crippen LogP contribution in [0.5, 0.6) is 0 Å². The van der Waals surface area contributed by atoms with Crippen molar-refractivity contribution in [3.63, 3.8) is 0 Å². The molecular weight excluding hydrogens is 308 g/mol. The third-order valence-electron chi connectivity index (χ3n) is 2.72. The van der Waals surface area contributed by atoms with Gasteiger partial charge in [0.05, 0.1) is 0 Å². The van der Waals surface area contributed by atoms with Crippen molar-refractivity contribution >= 4 is 33.4 Å². The van der Waals surface area contributed by atoms with Crippen LogP contribution in [0.3, 0.4) is 0 Å². The van der Waals surface area contributed by atoms with Gasteiger partial charge >= 0.3 is 6.09 Å². The molecule has 1 amide bonds. The van der Waals surface area contributed by atoms with Gasteiger partial charge in [-0.25, -0.2) is 9.78 Å². The Morgan fingerprint density at radius 1 is 1.53 bits per heavy atom. The quantitative estimate of drug-likeness (QED) is 0.724. The van der Waals surface area contributed by atoms with E-state index in [2.05, 4.69) is 27.5 Å². The van der Waals surface area contributed by atoms with Crippen LogP contribution >= 0.6 is 15.9 Å². The lowest BCUT2D eigenvalue weighted by Crippen LogP contribution is -2.40. The minimum Gasteiger partial charge on any atom is -0.443 e. The molecule has 0 N–H and O–H groups in total. The molecule has 102 valence electrons. The molecule has 0 saturated heterocycles. The van der Waals surface area contributed by atoms with Gasteiger partial charge in [0.2, 0.25) is 0 Å². The molecule has 2 heterocycles. The average molecular weight is 325 g/mol. The number of aromatic nitrogens is 1. The van der Waals surface area contributed by atoms with E-state index in [9.17, 15) is 4.79 Å². The van der Waals surface area contributed by atoms with Crippen LogP contribution in [0.15, 0.2) is 23.3 Å². The highest BCUT2D eigenvalue weighted by molar-refractivity contribution is 9.10. The number of ether oxygens (including phenoxy) is 1. The summed E-state index contributed by atoms with van der Waals surface area (Å²) >= 11 is 3.39. The van der Waals surface area contributed by atoms with Gasteiger partial charge in [-0.1, -0.05) is 6.58 Å². The average Bonchev–Trinajstić information content (AvgIpc) is 2.27.